The maximum absolute atomic E-state index is 5.74. The lowest BCUT2D eigenvalue weighted by atomic mass is 10.2. The molecule has 1 atom stereocenters. The van der Waals surface area contributed by atoms with Crippen LogP contribution in [0, 0.1) is 6.92 Å². The van der Waals surface area contributed by atoms with Crippen LogP contribution in [-0.2, 0) is 0 Å². The summed E-state index contributed by atoms with van der Waals surface area (Å²) in [6.45, 7) is 4.83. The fourth-order valence-electron chi connectivity index (χ4n) is 1.42. The van der Waals surface area contributed by atoms with E-state index < -0.39 is 0 Å². The summed E-state index contributed by atoms with van der Waals surface area (Å²) in [4.78, 5) is 0. The summed E-state index contributed by atoms with van der Waals surface area (Å²) >= 11 is 0. The van der Waals surface area contributed by atoms with Gasteiger partial charge in [-0.25, -0.2) is 0 Å². The molecule has 1 aromatic rings. The van der Waals surface area contributed by atoms with Gasteiger partial charge in [0.2, 0.25) is 0 Å². The molecule has 13 heavy (non-hydrogen) atoms. The van der Waals surface area contributed by atoms with Gasteiger partial charge in [0.1, 0.15) is 12.7 Å². The number of rotatable bonds is 1. The zero-order chi connectivity index (χ0) is 9.26. The highest BCUT2D eigenvalue weighted by Crippen LogP contribution is 2.32. The molecule has 0 spiro atoms. The van der Waals surface area contributed by atoms with E-state index in [1.54, 1.807) is 0 Å². The van der Waals surface area contributed by atoms with Crippen LogP contribution >= 0.6 is 0 Å². The van der Waals surface area contributed by atoms with E-state index in [1.165, 1.54) is 5.56 Å². The summed E-state index contributed by atoms with van der Waals surface area (Å²) in [5.41, 5.74) is 1.21. The van der Waals surface area contributed by atoms with Gasteiger partial charge in [-0.1, -0.05) is 13.0 Å². The molecule has 0 fully saturated rings. The standard InChI is InChI=1S/C11H14O2/c1-3-9-7-12-10-5-4-8(2)6-11(10)13-9/h4-6,9H,3,7H2,1-2H3. The monoisotopic (exact) mass is 178 g/mol. The number of hydrogen-bond acceptors (Lipinski definition) is 2. The first-order chi connectivity index (χ1) is 6.29. The van der Waals surface area contributed by atoms with Crippen molar-refractivity contribution in [3.8, 4) is 11.5 Å². The molecule has 1 aliphatic rings. The van der Waals surface area contributed by atoms with Crippen LogP contribution in [0.25, 0.3) is 0 Å². The summed E-state index contributed by atoms with van der Waals surface area (Å²) in [7, 11) is 0. The van der Waals surface area contributed by atoms with Crippen molar-refractivity contribution in [3.63, 3.8) is 0 Å². The number of benzene rings is 1. The normalized spacial score (nSPS) is 20.0. The second-order valence-corrected chi connectivity index (χ2v) is 3.41. The molecule has 1 heterocycles. The molecule has 2 heteroatoms. The van der Waals surface area contributed by atoms with E-state index in [0.29, 0.717) is 6.61 Å². The average Bonchev–Trinajstić information content (AvgIpc) is 2.16. The molecule has 70 valence electrons. The van der Waals surface area contributed by atoms with E-state index in [-0.39, 0.29) is 6.10 Å². The Bertz CT molecular complexity index is 307. The Kier molecular flexibility index (Phi) is 2.13. The van der Waals surface area contributed by atoms with Gasteiger partial charge in [0.25, 0.3) is 0 Å². The fourth-order valence-corrected chi connectivity index (χ4v) is 1.42. The molecule has 1 aliphatic heterocycles. The predicted molar refractivity (Wildman–Crippen MR) is 51.4 cm³/mol. The van der Waals surface area contributed by atoms with Crippen molar-refractivity contribution in [2.24, 2.45) is 0 Å². The number of fused-ring (bicyclic) bond motifs is 1. The van der Waals surface area contributed by atoms with Gasteiger partial charge in [-0.2, -0.15) is 0 Å². The van der Waals surface area contributed by atoms with Gasteiger partial charge in [0.05, 0.1) is 0 Å². The summed E-state index contributed by atoms with van der Waals surface area (Å²) in [5, 5.41) is 0. The quantitative estimate of drug-likeness (QED) is 0.658. The molecule has 0 N–H and O–H groups in total. The van der Waals surface area contributed by atoms with E-state index in [1.807, 2.05) is 18.2 Å². The zero-order valence-electron chi connectivity index (χ0n) is 8.04. The van der Waals surface area contributed by atoms with Gasteiger partial charge < -0.3 is 9.47 Å². The largest absolute Gasteiger partial charge is 0.486 e. The lowest BCUT2D eigenvalue weighted by molar-refractivity contribution is 0.0883. The Morgan fingerprint density at radius 1 is 1.38 bits per heavy atom. The molecule has 0 amide bonds. The maximum Gasteiger partial charge on any atom is 0.162 e. The second-order valence-electron chi connectivity index (χ2n) is 3.41. The number of aryl methyl sites for hydroxylation is 1. The first-order valence-electron chi connectivity index (χ1n) is 4.69. The molecule has 1 unspecified atom stereocenters. The highest BCUT2D eigenvalue weighted by molar-refractivity contribution is 5.43. The molecule has 0 radical (unpaired) electrons. The van der Waals surface area contributed by atoms with Crippen LogP contribution in [0.15, 0.2) is 18.2 Å². The summed E-state index contributed by atoms with van der Waals surface area (Å²) in [5.74, 6) is 1.76. The van der Waals surface area contributed by atoms with Crippen LogP contribution in [-0.4, -0.2) is 12.7 Å². The minimum absolute atomic E-state index is 0.217. The first kappa shape index (κ1) is 8.42. The van der Waals surface area contributed by atoms with Gasteiger partial charge in [0, 0.05) is 0 Å². The van der Waals surface area contributed by atoms with Crippen molar-refractivity contribution in [3.05, 3.63) is 23.8 Å². The van der Waals surface area contributed by atoms with Crippen LogP contribution in [0.5, 0.6) is 11.5 Å². The molecule has 1 aromatic carbocycles. The summed E-state index contributed by atoms with van der Waals surface area (Å²) in [6, 6.07) is 6.03. The third kappa shape index (κ3) is 1.62. The van der Waals surface area contributed by atoms with Gasteiger partial charge in [-0.3, -0.25) is 0 Å². The van der Waals surface area contributed by atoms with E-state index in [0.717, 1.165) is 17.9 Å². The molecule has 0 bridgehead atoms. The minimum Gasteiger partial charge on any atom is -0.486 e. The van der Waals surface area contributed by atoms with Crippen molar-refractivity contribution in [1.29, 1.82) is 0 Å². The molecule has 2 nitrogen and oxygen atoms in total. The Balaban J connectivity index is 2.27. The van der Waals surface area contributed by atoms with E-state index in [4.69, 9.17) is 9.47 Å². The summed E-state index contributed by atoms with van der Waals surface area (Å²) in [6.07, 6.45) is 1.21. The van der Waals surface area contributed by atoms with Crippen molar-refractivity contribution in [2.75, 3.05) is 6.61 Å². The average molecular weight is 178 g/mol. The zero-order valence-corrected chi connectivity index (χ0v) is 8.04. The Hall–Kier alpha value is -1.18. The molecular formula is C11H14O2. The molecular weight excluding hydrogens is 164 g/mol. The van der Waals surface area contributed by atoms with Crippen LogP contribution in [0.2, 0.25) is 0 Å². The van der Waals surface area contributed by atoms with E-state index in [9.17, 15) is 0 Å². The highest BCUT2D eigenvalue weighted by atomic mass is 16.6. The lowest BCUT2D eigenvalue weighted by Crippen LogP contribution is -2.28. The molecule has 0 aromatic heterocycles. The van der Waals surface area contributed by atoms with Crippen molar-refractivity contribution in [1.82, 2.24) is 0 Å². The Labute approximate surface area is 78.5 Å². The summed E-state index contributed by atoms with van der Waals surface area (Å²) < 4.78 is 11.3. The van der Waals surface area contributed by atoms with Gasteiger partial charge >= 0.3 is 0 Å². The predicted octanol–water partition coefficient (Wildman–Crippen LogP) is 2.54. The Morgan fingerprint density at radius 3 is 3.00 bits per heavy atom. The van der Waals surface area contributed by atoms with Crippen LogP contribution in [0.3, 0.4) is 0 Å². The van der Waals surface area contributed by atoms with E-state index >= 15 is 0 Å². The van der Waals surface area contributed by atoms with Gasteiger partial charge in [-0.05, 0) is 31.0 Å². The van der Waals surface area contributed by atoms with Crippen molar-refractivity contribution >= 4 is 0 Å². The fraction of sp³-hybridized carbons (Fsp3) is 0.455. The lowest BCUT2D eigenvalue weighted by Gasteiger charge is -2.25. The molecule has 0 saturated heterocycles. The molecule has 0 aliphatic carbocycles. The van der Waals surface area contributed by atoms with Crippen LogP contribution in [0.4, 0.5) is 0 Å². The SMILES string of the molecule is CCC1COc2ccc(C)cc2O1. The van der Waals surface area contributed by atoms with Crippen LogP contribution < -0.4 is 9.47 Å². The third-order valence-corrected chi connectivity index (χ3v) is 2.27. The number of ether oxygens (including phenoxy) is 2. The maximum atomic E-state index is 5.74. The van der Waals surface area contributed by atoms with Gasteiger partial charge in [-0.15, -0.1) is 0 Å². The number of hydrogen-bond donors (Lipinski definition) is 0. The molecule has 2 rings (SSSR count). The van der Waals surface area contributed by atoms with Crippen molar-refractivity contribution in [2.45, 2.75) is 26.4 Å². The third-order valence-electron chi connectivity index (χ3n) is 2.27. The minimum atomic E-state index is 0.217. The second kappa shape index (κ2) is 3.29. The smallest absolute Gasteiger partial charge is 0.162 e. The van der Waals surface area contributed by atoms with Crippen molar-refractivity contribution < 1.29 is 9.47 Å². The van der Waals surface area contributed by atoms with E-state index in [2.05, 4.69) is 13.8 Å². The van der Waals surface area contributed by atoms with Crippen LogP contribution in [0.1, 0.15) is 18.9 Å². The Morgan fingerprint density at radius 2 is 2.23 bits per heavy atom. The van der Waals surface area contributed by atoms with Gasteiger partial charge in [0.15, 0.2) is 11.5 Å². The first-order valence-corrected chi connectivity index (χ1v) is 4.69. The topological polar surface area (TPSA) is 18.5 Å². The molecule has 0 saturated carbocycles. The highest BCUT2D eigenvalue weighted by Gasteiger charge is 2.18.